The van der Waals surface area contributed by atoms with Crippen molar-refractivity contribution in [1.82, 2.24) is 14.8 Å². The third kappa shape index (κ3) is 2.82. The van der Waals surface area contributed by atoms with Crippen LogP contribution in [0.4, 0.5) is 5.69 Å². The van der Waals surface area contributed by atoms with Crippen LogP contribution in [0.1, 0.15) is 16.4 Å². The molecular formula is C14H13N5O2. The van der Waals surface area contributed by atoms with Crippen LogP contribution >= 0.6 is 0 Å². The molecule has 0 aliphatic carbocycles. The van der Waals surface area contributed by atoms with Gasteiger partial charge in [0.1, 0.15) is 6.26 Å². The van der Waals surface area contributed by atoms with Crippen molar-refractivity contribution in [1.29, 1.82) is 0 Å². The van der Waals surface area contributed by atoms with E-state index in [1.165, 1.54) is 6.26 Å². The van der Waals surface area contributed by atoms with Gasteiger partial charge in [-0.3, -0.25) is 4.79 Å². The van der Waals surface area contributed by atoms with Crippen molar-refractivity contribution in [2.75, 3.05) is 5.32 Å². The van der Waals surface area contributed by atoms with Crippen LogP contribution < -0.4 is 11.1 Å². The van der Waals surface area contributed by atoms with Gasteiger partial charge >= 0.3 is 0 Å². The van der Waals surface area contributed by atoms with E-state index < -0.39 is 0 Å². The molecule has 0 spiro atoms. The first-order valence-corrected chi connectivity index (χ1v) is 6.32. The smallest absolute Gasteiger partial charge is 0.277 e. The Bertz CT molecular complexity index is 748. The molecule has 0 bridgehead atoms. The van der Waals surface area contributed by atoms with Gasteiger partial charge in [-0.15, -0.1) is 0 Å². The maximum atomic E-state index is 12.0. The van der Waals surface area contributed by atoms with Crippen LogP contribution in [-0.4, -0.2) is 20.7 Å². The number of nitrogens with zero attached hydrogens (tertiary/aromatic N) is 3. The molecule has 0 saturated heterocycles. The minimum absolute atomic E-state index is 0.155. The van der Waals surface area contributed by atoms with Crippen molar-refractivity contribution in [3.05, 3.63) is 60.6 Å². The van der Waals surface area contributed by atoms with E-state index in [0.29, 0.717) is 11.6 Å². The number of hydrogen-bond donors (Lipinski definition) is 2. The lowest BCUT2D eigenvalue weighted by Crippen LogP contribution is -2.13. The molecule has 0 aliphatic rings. The number of carbonyl (C=O) groups excluding carboxylic acids is 1. The van der Waals surface area contributed by atoms with Crippen LogP contribution in [0.3, 0.4) is 0 Å². The fourth-order valence-corrected chi connectivity index (χ4v) is 1.85. The molecule has 2 aromatic heterocycles. The maximum absolute atomic E-state index is 12.0. The van der Waals surface area contributed by atoms with E-state index in [1.807, 2.05) is 30.5 Å². The van der Waals surface area contributed by atoms with Gasteiger partial charge in [0, 0.05) is 18.1 Å². The summed E-state index contributed by atoms with van der Waals surface area (Å²) in [4.78, 5) is 16.0. The second kappa shape index (κ2) is 5.59. The number of nitrogens with one attached hydrogen (secondary N) is 1. The van der Waals surface area contributed by atoms with Crippen molar-refractivity contribution in [3.63, 3.8) is 0 Å². The Hall–Kier alpha value is -2.93. The summed E-state index contributed by atoms with van der Waals surface area (Å²) < 4.78 is 6.75. The van der Waals surface area contributed by atoms with Crippen molar-refractivity contribution in [2.45, 2.75) is 6.54 Å². The van der Waals surface area contributed by atoms with Crippen molar-refractivity contribution in [2.24, 2.45) is 5.73 Å². The average molecular weight is 283 g/mol. The highest BCUT2D eigenvalue weighted by Gasteiger charge is 2.12. The van der Waals surface area contributed by atoms with E-state index in [0.717, 1.165) is 5.69 Å². The zero-order valence-electron chi connectivity index (χ0n) is 11.1. The van der Waals surface area contributed by atoms with E-state index >= 15 is 0 Å². The first-order chi connectivity index (χ1) is 10.3. The molecule has 3 rings (SSSR count). The zero-order chi connectivity index (χ0) is 14.7. The summed E-state index contributed by atoms with van der Waals surface area (Å²) in [5.41, 5.74) is 7.08. The van der Waals surface area contributed by atoms with Gasteiger partial charge in [0.25, 0.3) is 5.91 Å². The first kappa shape index (κ1) is 13.1. The Morgan fingerprint density at radius 2 is 2.29 bits per heavy atom. The second-order valence-corrected chi connectivity index (χ2v) is 4.29. The van der Waals surface area contributed by atoms with E-state index in [9.17, 15) is 4.79 Å². The van der Waals surface area contributed by atoms with E-state index in [-0.39, 0.29) is 18.1 Å². The average Bonchev–Trinajstić information content (AvgIpc) is 3.19. The summed E-state index contributed by atoms with van der Waals surface area (Å²) >= 11 is 0. The molecule has 7 heteroatoms. The third-order valence-corrected chi connectivity index (χ3v) is 2.83. The van der Waals surface area contributed by atoms with Gasteiger partial charge in [0.05, 0.1) is 12.2 Å². The van der Waals surface area contributed by atoms with Crippen LogP contribution in [0.25, 0.3) is 5.69 Å². The molecule has 3 aromatic rings. The van der Waals surface area contributed by atoms with Crippen LogP contribution in [-0.2, 0) is 6.54 Å². The number of benzene rings is 1. The summed E-state index contributed by atoms with van der Waals surface area (Å²) in [7, 11) is 0. The Balaban J connectivity index is 1.78. The van der Waals surface area contributed by atoms with Gasteiger partial charge in [-0.1, -0.05) is 6.07 Å². The van der Waals surface area contributed by atoms with Gasteiger partial charge in [-0.2, -0.15) is 5.10 Å². The molecular weight excluding hydrogens is 270 g/mol. The summed E-state index contributed by atoms with van der Waals surface area (Å²) in [5, 5.41) is 6.90. The lowest BCUT2D eigenvalue weighted by atomic mass is 10.2. The van der Waals surface area contributed by atoms with Gasteiger partial charge in [0.15, 0.2) is 5.69 Å². The molecule has 1 amide bonds. The third-order valence-electron chi connectivity index (χ3n) is 2.83. The van der Waals surface area contributed by atoms with Gasteiger partial charge in [0.2, 0.25) is 5.89 Å². The van der Waals surface area contributed by atoms with E-state index in [4.69, 9.17) is 10.2 Å². The lowest BCUT2D eigenvalue weighted by molar-refractivity contribution is 0.102. The molecule has 0 radical (unpaired) electrons. The fourth-order valence-electron chi connectivity index (χ4n) is 1.85. The van der Waals surface area contributed by atoms with Crippen molar-refractivity contribution in [3.8, 4) is 5.69 Å². The molecule has 106 valence electrons. The van der Waals surface area contributed by atoms with Crippen LogP contribution in [0, 0.1) is 0 Å². The number of amides is 1. The number of oxazole rings is 1. The molecule has 0 saturated carbocycles. The standard InChI is InChI=1S/C14H13N5O2/c15-8-13-18-12(9-21-13)14(20)17-10-3-1-4-11(7-10)19-6-2-5-16-19/h1-7,9H,8,15H2,(H,17,20). The Morgan fingerprint density at radius 1 is 1.38 bits per heavy atom. The quantitative estimate of drug-likeness (QED) is 0.757. The second-order valence-electron chi connectivity index (χ2n) is 4.29. The molecule has 0 atom stereocenters. The minimum Gasteiger partial charge on any atom is -0.447 e. The zero-order valence-corrected chi connectivity index (χ0v) is 11.1. The van der Waals surface area contributed by atoms with Crippen LogP contribution in [0.2, 0.25) is 0 Å². The highest BCUT2D eigenvalue weighted by molar-refractivity contribution is 6.02. The summed E-state index contributed by atoms with van der Waals surface area (Å²) in [5.74, 6) is -0.0264. The topological polar surface area (TPSA) is 99.0 Å². The summed E-state index contributed by atoms with van der Waals surface area (Å²) in [6.07, 6.45) is 4.80. The van der Waals surface area contributed by atoms with Crippen LogP contribution in [0.5, 0.6) is 0 Å². The van der Waals surface area contributed by atoms with E-state index in [2.05, 4.69) is 15.4 Å². The number of aromatic nitrogens is 3. The molecule has 7 nitrogen and oxygen atoms in total. The molecule has 0 fully saturated rings. The van der Waals surface area contributed by atoms with E-state index in [1.54, 1.807) is 16.9 Å². The summed E-state index contributed by atoms with van der Waals surface area (Å²) in [6.45, 7) is 0.155. The molecule has 2 heterocycles. The molecule has 1 aromatic carbocycles. The monoisotopic (exact) mass is 283 g/mol. The molecule has 0 aliphatic heterocycles. The Morgan fingerprint density at radius 3 is 3.00 bits per heavy atom. The lowest BCUT2D eigenvalue weighted by Gasteiger charge is -2.06. The number of nitrogens with two attached hydrogens (primary N) is 1. The molecule has 3 N–H and O–H groups in total. The summed E-state index contributed by atoms with van der Waals surface area (Å²) in [6, 6.07) is 9.16. The molecule has 21 heavy (non-hydrogen) atoms. The first-order valence-electron chi connectivity index (χ1n) is 6.32. The Kier molecular flexibility index (Phi) is 3.48. The van der Waals surface area contributed by atoms with Crippen LogP contribution in [0.15, 0.2) is 53.4 Å². The van der Waals surface area contributed by atoms with Gasteiger partial charge in [-0.25, -0.2) is 9.67 Å². The largest absolute Gasteiger partial charge is 0.447 e. The SMILES string of the molecule is NCc1nc(C(=O)Nc2cccc(-n3cccn3)c2)co1. The van der Waals surface area contributed by atoms with Gasteiger partial charge < -0.3 is 15.5 Å². The fraction of sp³-hybridized carbons (Fsp3) is 0.0714. The number of rotatable bonds is 4. The normalized spacial score (nSPS) is 10.5. The number of anilines is 1. The predicted molar refractivity (Wildman–Crippen MR) is 75.9 cm³/mol. The highest BCUT2D eigenvalue weighted by atomic mass is 16.3. The maximum Gasteiger partial charge on any atom is 0.277 e. The highest BCUT2D eigenvalue weighted by Crippen LogP contribution is 2.15. The number of carbonyl (C=O) groups is 1. The Labute approximate surface area is 120 Å². The number of hydrogen-bond acceptors (Lipinski definition) is 5. The van der Waals surface area contributed by atoms with Gasteiger partial charge in [-0.05, 0) is 24.3 Å². The predicted octanol–water partition coefficient (Wildman–Crippen LogP) is 1.57. The van der Waals surface area contributed by atoms with Crippen molar-refractivity contribution >= 4 is 11.6 Å². The minimum atomic E-state index is -0.351. The molecule has 0 unspecified atom stereocenters. The van der Waals surface area contributed by atoms with Crippen molar-refractivity contribution < 1.29 is 9.21 Å².